The fraction of sp³-hybridized carbons (Fsp3) is 0.214. The Bertz CT molecular complexity index is 793. The van der Waals surface area contributed by atoms with E-state index in [9.17, 15) is 12.8 Å². The lowest BCUT2D eigenvalue weighted by Crippen LogP contribution is -2.29. The summed E-state index contributed by atoms with van der Waals surface area (Å²) in [7, 11) is -2.16. The third kappa shape index (κ3) is 2.23. The van der Waals surface area contributed by atoms with Gasteiger partial charge in [0.2, 0.25) is 0 Å². The Labute approximate surface area is 122 Å². The minimum Gasteiger partial charge on any atom is -0.372 e. The molecule has 0 fully saturated rings. The molecule has 2 heterocycles. The van der Waals surface area contributed by atoms with Crippen molar-refractivity contribution in [1.82, 2.24) is 4.98 Å². The van der Waals surface area contributed by atoms with Crippen molar-refractivity contribution in [3.05, 3.63) is 47.9 Å². The molecule has 0 radical (unpaired) electrons. The molecule has 0 aliphatic carbocycles. The monoisotopic (exact) mass is 307 g/mol. The molecule has 0 atom stereocenters. The number of halogens is 1. The first-order chi connectivity index (χ1) is 10.0. The number of nitrogens with one attached hydrogen (secondary N) is 1. The Kier molecular flexibility index (Phi) is 3.29. The molecule has 0 spiro atoms. The van der Waals surface area contributed by atoms with E-state index in [4.69, 9.17) is 0 Å². The van der Waals surface area contributed by atoms with Crippen molar-refractivity contribution in [1.29, 1.82) is 0 Å². The fourth-order valence-electron chi connectivity index (χ4n) is 2.48. The molecule has 0 amide bonds. The van der Waals surface area contributed by atoms with E-state index in [1.165, 1.54) is 28.7 Å². The Balaban J connectivity index is 2.11. The van der Waals surface area contributed by atoms with Crippen LogP contribution >= 0.6 is 0 Å². The number of aromatic nitrogens is 1. The van der Waals surface area contributed by atoms with E-state index in [2.05, 4.69) is 10.3 Å². The van der Waals surface area contributed by atoms with Crippen LogP contribution in [0.3, 0.4) is 0 Å². The summed E-state index contributed by atoms with van der Waals surface area (Å²) < 4.78 is 40.3. The summed E-state index contributed by atoms with van der Waals surface area (Å²) in [5.74, 6) is -0.168. The molecule has 7 heteroatoms. The molecular weight excluding hydrogens is 293 g/mol. The van der Waals surface area contributed by atoms with Gasteiger partial charge >= 0.3 is 0 Å². The van der Waals surface area contributed by atoms with Crippen LogP contribution in [-0.2, 0) is 16.4 Å². The molecule has 5 nitrogen and oxygen atoms in total. The van der Waals surface area contributed by atoms with Gasteiger partial charge in [-0.25, -0.2) is 17.8 Å². The van der Waals surface area contributed by atoms with Gasteiger partial charge in [0.05, 0.1) is 5.69 Å². The van der Waals surface area contributed by atoms with Gasteiger partial charge in [-0.15, -0.1) is 0 Å². The van der Waals surface area contributed by atoms with E-state index in [0.29, 0.717) is 18.7 Å². The fourth-order valence-corrected chi connectivity index (χ4v) is 4.13. The standard InChI is InChI=1S/C14H14FN3O2S/c1-16-14-13(3-2-7-17-14)21(19,20)18-8-6-10-4-5-11(15)9-12(10)18/h2-5,7,9H,6,8H2,1H3,(H,16,17). The molecule has 1 aromatic carbocycles. The predicted octanol–water partition coefficient (Wildman–Crippen LogP) is 2.01. The summed E-state index contributed by atoms with van der Waals surface area (Å²) in [5.41, 5.74) is 1.23. The number of hydrogen-bond donors (Lipinski definition) is 1. The van der Waals surface area contributed by atoms with Gasteiger partial charge in [0.15, 0.2) is 0 Å². The highest BCUT2D eigenvalue weighted by Crippen LogP contribution is 2.34. The van der Waals surface area contributed by atoms with Gasteiger partial charge in [0.1, 0.15) is 16.5 Å². The third-order valence-electron chi connectivity index (χ3n) is 3.48. The smallest absolute Gasteiger partial charge is 0.268 e. The molecule has 1 aliphatic rings. The number of rotatable bonds is 3. The molecule has 2 aromatic rings. The summed E-state index contributed by atoms with van der Waals surface area (Å²) in [6.07, 6.45) is 2.09. The molecule has 0 unspecified atom stereocenters. The first-order valence-electron chi connectivity index (χ1n) is 6.48. The average Bonchev–Trinajstić information content (AvgIpc) is 2.90. The number of anilines is 2. The second kappa shape index (κ2) is 5.00. The van der Waals surface area contributed by atoms with Crippen LogP contribution in [-0.4, -0.2) is 27.0 Å². The highest BCUT2D eigenvalue weighted by Gasteiger charge is 2.32. The zero-order valence-electron chi connectivity index (χ0n) is 11.4. The lowest BCUT2D eigenvalue weighted by Gasteiger charge is -2.20. The summed E-state index contributed by atoms with van der Waals surface area (Å²) in [6, 6.07) is 7.29. The van der Waals surface area contributed by atoms with Crippen LogP contribution in [0.5, 0.6) is 0 Å². The maximum atomic E-state index is 13.4. The van der Waals surface area contributed by atoms with Crippen LogP contribution in [0.1, 0.15) is 5.56 Å². The van der Waals surface area contributed by atoms with Crippen LogP contribution in [0.4, 0.5) is 15.9 Å². The molecule has 1 N–H and O–H groups in total. The molecule has 0 saturated carbocycles. The van der Waals surface area contributed by atoms with Gasteiger partial charge in [-0.05, 0) is 36.2 Å². The first kappa shape index (κ1) is 13.8. The van der Waals surface area contributed by atoms with Crippen molar-refractivity contribution in [2.24, 2.45) is 0 Å². The summed E-state index contributed by atoms with van der Waals surface area (Å²) in [4.78, 5) is 4.10. The Morgan fingerprint density at radius 3 is 2.90 bits per heavy atom. The highest BCUT2D eigenvalue weighted by atomic mass is 32.2. The molecule has 3 rings (SSSR count). The topological polar surface area (TPSA) is 62.3 Å². The maximum Gasteiger partial charge on any atom is 0.268 e. The third-order valence-corrected chi connectivity index (χ3v) is 5.32. The second-order valence-corrected chi connectivity index (χ2v) is 6.53. The van der Waals surface area contributed by atoms with Gasteiger partial charge in [-0.1, -0.05) is 6.07 Å². The van der Waals surface area contributed by atoms with E-state index >= 15 is 0 Å². The number of hydrogen-bond acceptors (Lipinski definition) is 4. The van der Waals surface area contributed by atoms with Crippen LogP contribution in [0.15, 0.2) is 41.4 Å². The van der Waals surface area contributed by atoms with Crippen LogP contribution in [0.25, 0.3) is 0 Å². The predicted molar refractivity (Wildman–Crippen MR) is 78.4 cm³/mol. The summed E-state index contributed by atoms with van der Waals surface area (Å²) >= 11 is 0. The number of benzene rings is 1. The molecule has 21 heavy (non-hydrogen) atoms. The zero-order valence-corrected chi connectivity index (χ0v) is 12.2. The van der Waals surface area contributed by atoms with E-state index < -0.39 is 15.8 Å². The van der Waals surface area contributed by atoms with Gasteiger partial charge in [-0.2, -0.15) is 0 Å². The van der Waals surface area contributed by atoms with Gasteiger partial charge in [0.25, 0.3) is 10.0 Å². The minimum absolute atomic E-state index is 0.0876. The molecule has 110 valence electrons. The lowest BCUT2D eigenvalue weighted by atomic mass is 10.2. The van der Waals surface area contributed by atoms with Gasteiger partial charge in [0, 0.05) is 19.8 Å². The van der Waals surface area contributed by atoms with Crippen LogP contribution < -0.4 is 9.62 Å². The SMILES string of the molecule is CNc1ncccc1S(=O)(=O)N1CCc2ccc(F)cc21. The van der Waals surface area contributed by atoms with Crippen molar-refractivity contribution >= 4 is 21.5 Å². The van der Waals surface area contributed by atoms with E-state index in [1.54, 1.807) is 19.2 Å². The Morgan fingerprint density at radius 2 is 2.14 bits per heavy atom. The average molecular weight is 307 g/mol. The van der Waals surface area contributed by atoms with E-state index in [-0.39, 0.29) is 10.7 Å². The van der Waals surface area contributed by atoms with Crippen molar-refractivity contribution in [2.45, 2.75) is 11.3 Å². The number of pyridine rings is 1. The molecule has 0 saturated heterocycles. The van der Waals surface area contributed by atoms with Gasteiger partial charge < -0.3 is 5.32 Å². The quantitative estimate of drug-likeness (QED) is 0.942. The molecule has 1 aliphatic heterocycles. The molecule has 0 bridgehead atoms. The normalized spacial score (nSPS) is 14.1. The first-order valence-corrected chi connectivity index (χ1v) is 7.92. The zero-order chi connectivity index (χ0) is 15.0. The highest BCUT2D eigenvalue weighted by molar-refractivity contribution is 7.93. The largest absolute Gasteiger partial charge is 0.372 e. The van der Waals surface area contributed by atoms with E-state index in [1.807, 2.05) is 0 Å². The minimum atomic E-state index is -3.77. The Hall–Kier alpha value is -2.15. The maximum absolute atomic E-state index is 13.4. The summed E-state index contributed by atoms with van der Waals surface area (Å²) in [6.45, 7) is 0.305. The van der Waals surface area contributed by atoms with Crippen molar-refractivity contribution in [2.75, 3.05) is 23.2 Å². The van der Waals surface area contributed by atoms with Crippen molar-refractivity contribution in [3.8, 4) is 0 Å². The van der Waals surface area contributed by atoms with Gasteiger partial charge in [-0.3, -0.25) is 4.31 Å². The molecular formula is C14H14FN3O2S. The van der Waals surface area contributed by atoms with Crippen LogP contribution in [0.2, 0.25) is 0 Å². The van der Waals surface area contributed by atoms with Crippen molar-refractivity contribution < 1.29 is 12.8 Å². The molecule has 1 aromatic heterocycles. The summed E-state index contributed by atoms with van der Waals surface area (Å²) in [5, 5.41) is 2.77. The Morgan fingerprint density at radius 1 is 1.33 bits per heavy atom. The van der Waals surface area contributed by atoms with Crippen LogP contribution in [0, 0.1) is 5.82 Å². The van der Waals surface area contributed by atoms with E-state index in [0.717, 1.165) is 5.56 Å². The second-order valence-electron chi connectivity index (χ2n) is 4.70. The number of nitrogens with zero attached hydrogens (tertiary/aromatic N) is 2. The number of sulfonamides is 1. The number of fused-ring (bicyclic) bond motifs is 1. The van der Waals surface area contributed by atoms with Crippen molar-refractivity contribution in [3.63, 3.8) is 0 Å². The lowest BCUT2D eigenvalue weighted by molar-refractivity contribution is 0.592.